The highest BCUT2D eigenvalue weighted by molar-refractivity contribution is 5.26. The van der Waals surface area contributed by atoms with Gasteiger partial charge in [-0.2, -0.15) is 0 Å². The van der Waals surface area contributed by atoms with E-state index in [9.17, 15) is 0 Å². The highest BCUT2D eigenvalue weighted by atomic mass is 15.0. The van der Waals surface area contributed by atoms with Gasteiger partial charge in [0.2, 0.25) is 0 Å². The fraction of sp³-hybridized carbons (Fsp3) is 0.308. The van der Waals surface area contributed by atoms with Gasteiger partial charge in [-0.05, 0) is 12.1 Å². The zero-order valence-corrected chi connectivity index (χ0v) is 9.72. The van der Waals surface area contributed by atoms with Crippen molar-refractivity contribution in [2.45, 2.75) is 13.0 Å². The van der Waals surface area contributed by atoms with Crippen molar-refractivity contribution in [3.05, 3.63) is 54.1 Å². The first-order valence-corrected chi connectivity index (χ1v) is 5.57. The van der Waals surface area contributed by atoms with Crippen molar-refractivity contribution in [1.82, 2.24) is 14.9 Å². The molecule has 2 rings (SSSR count). The Labute approximate surface area is 96.1 Å². The molecular formula is C13H17N3. The topological polar surface area (TPSA) is 29.9 Å². The monoisotopic (exact) mass is 215 g/mol. The van der Waals surface area contributed by atoms with Gasteiger partial charge in [0.25, 0.3) is 0 Å². The summed E-state index contributed by atoms with van der Waals surface area (Å²) in [5, 5.41) is 3.45. The van der Waals surface area contributed by atoms with Crippen LogP contribution in [0.15, 0.2) is 42.9 Å². The van der Waals surface area contributed by atoms with Crippen molar-refractivity contribution in [3.63, 3.8) is 0 Å². The first kappa shape index (κ1) is 10.9. The molecule has 1 heterocycles. The van der Waals surface area contributed by atoms with Crippen LogP contribution in [0.5, 0.6) is 0 Å². The third-order valence-corrected chi connectivity index (χ3v) is 2.56. The summed E-state index contributed by atoms with van der Waals surface area (Å²) in [6.45, 7) is 3.04. The predicted octanol–water partition coefficient (Wildman–Crippen LogP) is 2.12. The Balaban J connectivity index is 2.31. The fourth-order valence-electron chi connectivity index (χ4n) is 1.82. The summed E-state index contributed by atoms with van der Waals surface area (Å²) in [4.78, 5) is 4.41. The first-order chi connectivity index (χ1) is 7.81. The molecule has 0 saturated carbocycles. The quantitative estimate of drug-likeness (QED) is 0.846. The van der Waals surface area contributed by atoms with Gasteiger partial charge in [0, 0.05) is 13.2 Å². The number of nitrogens with one attached hydrogen (secondary N) is 1. The van der Waals surface area contributed by atoms with E-state index in [2.05, 4.69) is 47.7 Å². The second kappa shape index (κ2) is 4.94. The van der Waals surface area contributed by atoms with Crippen LogP contribution in [0.1, 0.15) is 24.2 Å². The number of nitrogens with zero attached hydrogens (tertiary/aromatic N) is 2. The van der Waals surface area contributed by atoms with E-state index in [0.717, 1.165) is 12.2 Å². The highest BCUT2D eigenvalue weighted by Crippen LogP contribution is 2.19. The maximum atomic E-state index is 4.41. The van der Waals surface area contributed by atoms with E-state index >= 15 is 0 Å². The summed E-state index contributed by atoms with van der Waals surface area (Å²) >= 11 is 0. The average Bonchev–Trinajstić information content (AvgIpc) is 2.74. The van der Waals surface area contributed by atoms with Crippen LogP contribution in [0.3, 0.4) is 0 Å². The van der Waals surface area contributed by atoms with E-state index in [0.29, 0.717) is 0 Å². The van der Waals surface area contributed by atoms with E-state index in [1.165, 1.54) is 5.56 Å². The third kappa shape index (κ3) is 2.31. The van der Waals surface area contributed by atoms with Gasteiger partial charge in [-0.3, -0.25) is 0 Å². The Hall–Kier alpha value is -1.61. The zero-order chi connectivity index (χ0) is 11.4. The lowest BCUT2D eigenvalue weighted by atomic mass is 10.0. The number of hydrogen-bond donors (Lipinski definition) is 1. The second-order valence-corrected chi connectivity index (χ2v) is 3.87. The Morgan fingerprint density at radius 1 is 1.31 bits per heavy atom. The molecule has 1 unspecified atom stereocenters. The van der Waals surface area contributed by atoms with Crippen molar-refractivity contribution >= 4 is 0 Å². The first-order valence-electron chi connectivity index (χ1n) is 5.57. The average molecular weight is 215 g/mol. The number of hydrogen-bond acceptors (Lipinski definition) is 2. The number of rotatable bonds is 4. The lowest BCUT2D eigenvalue weighted by Gasteiger charge is -2.15. The molecule has 0 amide bonds. The van der Waals surface area contributed by atoms with Gasteiger partial charge in [-0.1, -0.05) is 37.3 Å². The van der Waals surface area contributed by atoms with Gasteiger partial charge in [-0.15, -0.1) is 0 Å². The minimum atomic E-state index is 0.187. The van der Waals surface area contributed by atoms with Gasteiger partial charge >= 0.3 is 0 Å². The fourth-order valence-corrected chi connectivity index (χ4v) is 1.82. The summed E-state index contributed by atoms with van der Waals surface area (Å²) in [7, 11) is 1.99. The Morgan fingerprint density at radius 2 is 2.06 bits per heavy atom. The van der Waals surface area contributed by atoms with Crippen LogP contribution < -0.4 is 5.32 Å². The second-order valence-electron chi connectivity index (χ2n) is 3.87. The number of aryl methyl sites for hydroxylation is 1. The lowest BCUT2D eigenvalue weighted by molar-refractivity contribution is 0.617. The maximum Gasteiger partial charge on any atom is 0.0947 e. The van der Waals surface area contributed by atoms with E-state index in [1.54, 1.807) is 0 Å². The maximum absolute atomic E-state index is 4.41. The van der Waals surface area contributed by atoms with Gasteiger partial charge in [0.15, 0.2) is 0 Å². The van der Waals surface area contributed by atoms with E-state index in [1.807, 2.05) is 24.0 Å². The molecule has 0 radical (unpaired) electrons. The van der Waals surface area contributed by atoms with Crippen LogP contribution in [0.4, 0.5) is 0 Å². The normalized spacial score (nSPS) is 12.6. The molecule has 1 aromatic carbocycles. The molecule has 0 aliphatic carbocycles. The van der Waals surface area contributed by atoms with Crippen LogP contribution in [-0.4, -0.2) is 16.1 Å². The molecule has 0 spiro atoms. The third-order valence-electron chi connectivity index (χ3n) is 2.56. The summed E-state index contributed by atoms with van der Waals surface area (Å²) in [5.74, 6) is 0. The molecule has 0 bridgehead atoms. The largest absolute Gasteiger partial charge is 0.340 e. The lowest BCUT2D eigenvalue weighted by Crippen LogP contribution is -2.22. The molecule has 3 nitrogen and oxygen atoms in total. The summed E-state index contributed by atoms with van der Waals surface area (Å²) in [5.41, 5.74) is 2.32. The van der Waals surface area contributed by atoms with E-state index in [4.69, 9.17) is 0 Å². The molecular weight excluding hydrogens is 198 g/mol. The molecule has 0 saturated heterocycles. The van der Waals surface area contributed by atoms with Crippen molar-refractivity contribution < 1.29 is 0 Å². The van der Waals surface area contributed by atoms with Gasteiger partial charge in [0.05, 0.1) is 18.1 Å². The summed E-state index contributed by atoms with van der Waals surface area (Å²) in [6, 6.07) is 10.6. The van der Waals surface area contributed by atoms with Crippen LogP contribution in [-0.2, 0) is 7.05 Å². The number of benzene rings is 1. The molecule has 1 atom stereocenters. The molecule has 16 heavy (non-hydrogen) atoms. The van der Waals surface area contributed by atoms with E-state index < -0.39 is 0 Å². The van der Waals surface area contributed by atoms with Crippen LogP contribution >= 0.6 is 0 Å². The number of imidazole rings is 1. The Bertz CT molecular complexity index is 433. The predicted molar refractivity (Wildman–Crippen MR) is 65.2 cm³/mol. The highest BCUT2D eigenvalue weighted by Gasteiger charge is 2.14. The van der Waals surface area contributed by atoms with Crippen molar-refractivity contribution in [1.29, 1.82) is 0 Å². The summed E-state index contributed by atoms with van der Waals surface area (Å²) in [6.07, 6.45) is 3.89. The van der Waals surface area contributed by atoms with Crippen molar-refractivity contribution in [3.8, 4) is 0 Å². The Kier molecular flexibility index (Phi) is 3.37. The van der Waals surface area contributed by atoms with Crippen LogP contribution in [0.25, 0.3) is 0 Å². The molecule has 3 heteroatoms. The molecule has 0 aliphatic heterocycles. The standard InChI is InChI=1S/C13H17N3/c1-3-14-13(11-7-5-4-6-8-11)12-9-16(2)10-15-12/h4-10,13-14H,3H2,1-2H3. The molecule has 0 fully saturated rings. The smallest absolute Gasteiger partial charge is 0.0947 e. The molecule has 0 aliphatic rings. The van der Waals surface area contributed by atoms with Crippen LogP contribution in [0, 0.1) is 0 Å². The van der Waals surface area contributed by atoms with Gasteiger partial charge < -0.3 is 9.88 Å². The zero-order valence-electron chi connectivity index (χ0n) is 9.72. The number of aromatic nitrogens is 2. The van der Waals surface area contributed by atoms with Gasteiger partial charge in [-0.25, -0.2) is 4.98 Å². The molecule has 1 aromatic heterocycles. The summed E-state index contributed by atoms with van der Waals surface area (Å²) < 4.78 is 1.97. The molecule has 2 aromatic rings. The minimum absolute atomic E-state index is 0.187. The SMILES string of the molecule is CCNC(c1ccccc1)c1cn(C)cn1. The molecule has 1 N–H and O–H groups in total. The molecule has 84 valence electrons. The Morgan fingerprint density at radius 3 is 2.62 bits per heavy atom. The van der Waals surface area contributed by atoms with Gasteiger partial charge in [0.1, 0.15) is 0 Å². The van der Waals surface area contributed by atoms with Crippen LogP contribution in [0.2, 0.25) is 0 Å². The minimum Gasteiger partial charge on any atom is -0.340 e. The van der Waals surface area contributed by atoms with Crippen molar-refractivity contribution in [2.75, 3.05) is 6.54 Å². The van der Waals surface area contributed by atoms with Crippen molar-refractivity contribution in [2.24, 2.45) is 7.05 Å². The van der Waals surface area contributed by atoms with E-state index in [-0.39, 0.29) is 6.04 Å².